The number of methoxy groups -OCH3 is 1. The Hall–Kier alpha value is -1.23. The molecule has 1 aromatic carbocycles. The summed E-state index contributed by atoms with van der Waals surface area (Å²) in [6.45, 7) is 3.71. The molecule has 0 spiro atoms. The Kier molecular flexibility index (Phi) is 4.40. The van der Waals surface area contributed by atoms with Gasteiger partial charge in [0.05, 0.1) is 0 Å². The minimum Gasteiger partial charge on any atom is -0.388 e. The van der Waals surface area contributed by atoms with Crippen LogP contribution in [-0.2, 0) is 10.5 Å². The zero-order valence-corrected chi connectivity index (χ0v) is 10.4. The summed E-state index contributed by atoms with van der Waals surface area (Å²) in [5.74, 6) is -0.0557. The van der Waals surface area contributed by atoms with Crippen molar-refractivity contribution in [3.63, 3.8) is 0 Å². The standard InChI is InChI=1S/C13H19NO3/c1-9(2)12(16)13(14,17-3)11-6-4-5-10(7-11)8-15/h4-9,12,16H,14H2,1-3H3/t12-,13-/m0/s1. The van der Waals surface area contributed by atoms with Crippen molar-refractivity contribution < 1.29 is 14.6 Å². The average Bonchev–Trinajstić information content (AvgIpc) is 2.36. The molecule has 0 heterocycles. The summed E-state index contributed by atoms with van der Waals surface area (Å²) in [6, 6.07) is 6.76. The normalized spacial score (nSPS) is 16.6. The maximum absolute atomic E-state index is 10.7. The van der Waals surface area contributed by atoms with Crippen LogP contribution in [0.3, 0.4) is 0 Å². The molecule has 2 atom stereocenters. The van der Waals surface area contributed by atoms with E-state index in [1.165, 1.54) is 7.11 Å². The van der Waals surface area contributed by atoms with Crippen molar-refractivity contribution in [2.75, 3.05) is 7.11 Å². The van der Waals surface area contributed by atoms with E-state index in [2.05, 4.69) is 0 Å². The second-order valence-corrected chi connectivity index (χ2v) is 4.43. The van der Waals surface area contributed by atoms with Crippen molar-refractivity contribution in [3.05, 3.63) is 35.4 Å². The van der Waals surface area contributed by atoms with Gasteiger partial charge in [0.25, 0.3) is 0 Å². The van der Waals surface area contributed by atoms with Crippen LogP contribution in [0.25, 0.3) is 0 Å². The fourth-order valence-electron chi connectivity index (χ4n) is 1.76. The first-order chi connectivity index (χ1) is 7.95. The van der Waals surface area contributed by atoms with Gasteiger partial charge < -0.3 is 9.84 Å². The van der Waals surface area contributed by atoms with E-state index in [1.807, 2.05) is 13.8 Å². The van der Waals surface area contributed by atoms with Gasteiger partial charge in [-0.05, 0) is 12.0 Å². The lowest BCUT2D eigenvalue weighted by molar-refractivity contribution is -0.122. The zero-order chi connectivity index (χ0) is 13.1. The maximum atomic E-state index is 10.7. The molecule has 0 saturated heterocycles. The van der Waals surface area contributed by atoms with Crippen LogP contribution < -0.4 is 5.73 Å². The molecule has 0 bridgehead atoms. The number of aldehydes is 1. The van der Waals surface area contributed by atoms with Crippen LogP contribution in [0.2, 0.25) is 0 Å². The summed E-state index contributed by atoms with van der Waals surface area (Å²) >= 11 is 0. The third kappa shape index (κ3) is 2.72. The second kappa shape index (κ2) is 5.40. The summed E-state index contributed by atoms with van der Waals surface area (Å²) in [6.07, 6.45) is -0.115. The number of hydrogen-bond donors (Lipinski definition) is 2. The molecule has 0 amide bonds. The first-order valence-electron chi connectivity index (χ1n) is 5.53. The topological polar surface area (TPSA) is 72.5 Å². The number of aliphatic hydroxyl groups excluding tert-OH is 1. The molecule has 0 aliphatic rings. The van der Waals surface area contributed by atoms with Gasteiger partial charge >= 0.3 is 0 Å². The minimum absolute atomic E-state index is 0.0557. The van der Waals surface area contributed by atoms with Crippen molar-refractivity contribution in [1.29, 1.82) is 0 Å². The SMILES string of the molecule is CO[C@@](N)(c1cccc(C=O)c1)[C@@H](O)C(C)C. The Bertz CT molecular complexity index is 392. The Labute approximate surface area is 101 Å². The lowest BCUT2D eigenvalue weighted by Crippen LogP contribution is -2.51. The summed E-state index contributed by atoms with van der Waals surface area (Å²) in [4.78, 5) is 10.7. The third-order valence-corrected chi connectivity index (χ3v) is 2.88. The van der Waals surface area contributed by atoms with Crippen molar-refractivity contribution in [1.82, 2.24) is 0 Å². The molecule has 1 rings (SSSR count). The predicted octanol–water partition coefficient (Wildman–Crippen LogP) is 1.27. The van der Waals surface area contributed by atoms with E-state index in [9.17, 15) is 9.90 Å². The number of benzene rings is 1. The molecule has 0 saturated carbocycles. The van der Waals surface area contributed by atoms with E-state index in [0.29, 0.717) is 11.1 Å². The lowest BCUT2D eigenvalue weighted by atomic mass is 9.89. The summed E-state index contributed by atoms with van der Waals surface area (Å²) in [5.41, 5.74) is 5.89. The van der Waals surface area contributed by atoms with Crippen LogP contribution in [0, 0.1) is 5.92 Å². The Morgan fingerprint density at radius 3 is 2.59 bits per heavy atom. The largest absolute Gasteiger partial charge is 0.388 e. The fraction of sp³-hybridized carbons (Fsp3) is 0.462. The number of aliphatic hydroxyl groups is 1. The van der Waals surface area contributed by atoms with Crippen LogP contribution in [0.4, 0.5) is 0 Å². The Morgan fingerprint density at radius 1 is 1.47 bits per heavy atom. The average molecular weight is 237 g/mol. The first-order valence-corrected chi connectivity index (χ1v) is 5.53. The highest BCUT2D eigenvalue weighted by molar-refractivity contribution is 5.75. The first kappa shape index (κ1) is 13.8. The fourth-order valence-corrected chi connectivity index (χ4v) is 1.76. The molecule has 4 nitrogen and oxygen atoms in total. The van der Waals surface area contributed by atoms with Gasteiger partial charge in [0.1, 0.15) is 12.4 Å². The lowest BCUT2D eigenvalue weighted by Gasteiger charge is -2.35. The second-order valence-electron chi connectivity index (χ2n) is 4.43. The van der Waals surface area contributed by atoms with E-state index >= 15 is 0 Å². The van der Waals surface area contributed by atoms with Crippen LogP contribution in [-0.4, -0.2) is 24.6 Å². The van der Waals surface area contributed by atoms with Gasteiger partial charge in [0, 0.05) is 18.2 Å². The van der Waals surface area contributed by atoms with Crippen molar-refractivity contribution >= 4 is 6.29 Å². The molecule has 0 unspecified atom stereocenters. The summed E-state index contributed by atoms with van der Waals surface area (Å²) in [5, 5.41) is 10.1. The van der Waals surface area contributed by atoms with Crippen molar-refractivity contribution in [2.45, 2.75) is 25.7 Å². The number of carbonyl (C=O) groups is 1. The summed E-state index contributed by atoms with van der Waals surface area (Å²) in [7, 11) is 1.44. The molecule has 17 heavy (non-hydrogen) atoms. The highest BCUT2D eigenvalue weighted by atomic mass is 16.5. The highest BCUT2D eigenvalue weighted by Gasteiger charge is 2.37. The predicted molar refractivity (Wildman–Crippen MR) is 65.5 cm³/mol. The van der Waals surface area contributed by atoms with Crippen LogP contribution in [0.1, 0.15) is 29.8 Å². The molecule has 0 aromatic heterocycles. The number of carbonyl (C=O) groups excluding carboxylic acids is 1. The monoisotopic (exact) mass is 237 g/mol. The summed E-state index contributed by atoms with van der Waals surface area (Å²) < 4.78 is 5.26. The van der Waals surface area contributed by atoms with Gasteiger partial charge in [-0.3, -0.25) is 10.5 Å². The van der Waals surface area contributed by atoms with Crippen LogP contribution >= 0.6 is 0 Å². The van der Waals surface area contributed by atoms with Gasteiger partial charge in [-0.15, -0.1) is 0 Å². The van der Waals surface area contributed by atoms with E-state index in [0.717, 1.165) is 6.29 Å². The minimum atomic E-state index is -1.30. The molecular weight excluding hydrogens is 218 g/mol. The molecular formula is C13H19NO3. The smallest absolute Gasteiger partial charge is 0.168 e. The molecule has 94 valence electrons. The molecule has 0 radical (unpaired) electrons. The van der Waals surface area contributed by atoms with Gasteiger partial charge in [-0.1, -0.05) is 32.0 Å². The van der Waals surface area contributed by atoms with E-state index in [-0.39, 0.29) is 5.92 Å². The quantitative estimate of drug-likeness (QED) is 0.597. The number of nitrogens with two attached hydrogens (primary N) is 1. The van der Waals surface area contributed by atoms with Crippen LogP contribution in [0.5, 0.6) is 0 Å². The maximum Gasteiger partial charge on any atom is 0.168 e. The molecule has 3 N–H and O–H groups in total. The van der Waals surface area contributed by atoms with E-state index in [4.69, 9.17) is 10.5 Å². The zero-order valence-electron chi connectivity index (χ0n) is 10.4. The van der Waals surface area contributed by atoms with Crippen molar-refractivity contribution in [3.8, 4) is 0 Å². The van der Waals surface area contributed by atoms with Gasteiger partial charge in [-0.2, -0.15) is 0 Å². The molecule has 4 heteroatoms. The van der Waals surface area contributed by atoms with Gasteiger partial charge in [0.2, 0.25) is 0 Å². The molecule has 0 fully saturated rings. The molecule has 1 aromatic rings. The van der Waals surface area contributed by atoms with E-state index < -0.39 is 11.8 Å². The van der Waals surface area contributed by atoms with Crippen LogP contribution in [0.15, 0.2) is 24.3 Å². The number of rotatable bonds is 5. The van der Waals surface area contributed by atoms with Crippen molar-refractivity contribution in [2.24, 2.45) is 11.7 Å². The molecule has 0 aliphatic heterocycles. The Balaban J connectivity index is 3.19. The van der Waals surface area contributed by atoms with Gasteiger partial charge in [-0.25, -0.2) is 0 Å². The number of ether oxygens (including phenoxy) is 1. The molecule has 0 aliphatic carbocycles. The number of hydrogen-bond acceptors (Lipinski definition) is 4. The third-order valence-electron chi connectivity index (χ3n) is 2.88. The Morgan fingerprint density at radius 2 is 2.12 bits per heavy atom. The van der Waals surface area contributed by atoms with E-state index in [1.54, 1.807) is 24.3 Å². The van der Waals surface area contributed by atoms with Gasteiger partial charge in [0.15, 0.2) is 5.72 Å². The highest BCUT2D eigenvalue weighted by Crippen LogP contribution is 2.27.